The van der Waals surface area contributed by atoms with Crippen LogP contribution in [0.3, 0.4) is 0 Å². The Labute approximate surface area is 146 Å². The van der Waals surface area contributed by atoms with E-state index in [1.807, 2.05) is 43.3 Å². The standard InChI is InChI=1S/C20H20N2O3/c1-13-10-15-11-19(24-2)20(25-3)12-17(15)18(22-21-13)9-6-14-4-7-16(23)8-5-14/h4-9,11-12,23H,10H2,1-3H3. The molecule has 3 rings (SSSR count). The Morgan fingerprint density at radius 2 is 1.64 bits per heavy atom. The van der Waals surface area contributed by atoms with E-state index in [9.17, 15) is 5.11 Å². The maximum absolute atomic E-state index is 9.39. The highest BCUT2D eigenvalue weighted by Crippen LogP contribution is 2.32. The first-order valence-electron chi connectivity index (χ1n) is 7.94. The van der Waals surface area contributed by atoms with E-state index in [4.69, 9.17) is 9.47 Å². The minimum atomic E-state index is 0.242. The Morgan fingerprint density at radius 1 is 0.960 bits per heavy atom. The zero-order chi connectivity index (χ0) is 17.8. The molecule has 1 heterocycles. The molecule has 1 aliphatic heterocycles. The zero-order valence-electron chi connectivity index (χ0n) is 14.5. The number of phenolic OH excluding ortho intramolecular Hbond substituents is 1. The van der Waals surface area contributed by atoms with E-state index in [-0.39, 0.29) is 5.75 Å². The Morgan fingerprint density at radius 3 is 2.32 bits per heavy atom. The number of ether oxygens (including phenoxy) is 2. The number of hydrogen-bond donors (Lipinski definition) is 1. The highest BCUT2D eigenvalue weighted by atomic mass is 16.5. The number of fused-ring (bicyclic) bond motifs is 1. The van der Waals surface area contributed by atoms with Gasteiger partial charge in [-0.1, -0.05) is 18.2 Å². The van der Waals surface area contributed by atoms with Gasteiger partial charge in [0.05, 0.1) is 19.9 Å². The first-order valence-corrected chi connectivity index (χ1v) is 7.94. The van der Waals surface area contributed by atoms with Gasteiger partial charge < -0.3 is 14.6 Å². The summed E-state index contributed by atoms with van der Waals surface area (Å²) in [5, 5.41) is 18.1. The summed E-state index contributed by atoms with van der Waals surface area (Å²) >= 11 is 0. The van der Waals surface area contributed by atoms with Gasteiger partial charge in [-0.05, 0) is 48.4 Å². The lowest BCUT2D eigenvalue weighted by Crippen LogP contribution is -2.05. The van der Waals surface area contributed by atoms with Gasteiger partial charge in [-0.25, -0.2) is 0 Å². The molecule has 0 fully saturated rings. The second-order valence-electron chi connectivity index (χ2n) is 5.79. The van der Waals surface area contributed by atoms with Crippen LogP contribution in [0.15, 0.2) is 52.7 Å². The summed E-state index contributed by atoms with van der Waals surface area (Å²) < 4.78 is 10.8. The van der Waals surface area contributed by atoms with Crippen molar-refractivity contribution in [3.05, 3.63) is 59.2 Å². The van der Waals surface area contributed by atoms with E-state index in [0.717, 1.165) is 28.1 Å². The largest absolute Gasteiger partial charge is 0.508 e. The van der Waals surface area contributed by atoms with Crippen molar-refractivity contribution in [3.63, 3.8) is 0 Å². The molecule has 128 valence electrons. The Kier molecular flexibility index (Phi) is 4.84. The zero-order valence-corrected chi connectivity index (χ0v) is 14.5. The summed E-state index contributed by atoms with van der Waals surface area (Å²) in [6.07, 6.45) is 4.56. The number of phenols is 1. The fourth-order valence-corrected chi connectivity index (χ4v) is 2.69. The van der Waals surface area contributed by atoms with Crippen LogP contribution in [0, 0.1) is 0 Å². The van der Waals surface area contributed by atoms with Crippen molar-refractivity contribution in [2.24, 2.45) is 10.2 Å². The first kappa shape index (κ1) is 16.8. The van der Waals surface area contributed by atoms with Crippen molar-refractivity contribution in [1.82, 2.24) is 0 Å². The topological polar surface area (TPSA) is 63.4 Å². The number of hydrogen-bond acceptors (Lipinski definition) is 5. The summed E-state index contributed by atoms with van der Waals surface area (Å²) in [4.78, 5) is 0. The maximum Gasteiger partial charge on any atom is 0.161 e. The summed E-state index contributed by atoms with van der Waals surface area (Å²) in [6.45, 7) is 1.95. The quantitative estimate of drug-likeness (QED) is 0.922. The molecule has 0 unspecified atom stereocenters. The molecule has 0 atom stereocenters. The lowest BCUT2D eigenvalue weighted by molar-refractivity contribution is 0.354. The van der Waals surface area contributed by atoms with Crippen LogP contribution in [-0.4, -0.2) is 30.7 Å². The van der Waals surface area contributed by atoms with Crippen LogP contribution in [0.1, 0.15) is 23.6 Å². The molecule has 1 aliphatic rings. The fraction of sp³-hybridized carbons (Fsp3) is 0.200. The Balaban J connectivity index is 2.03. The predicted octanol–water partition coefficient (Wildman–Crippen LogP) is 3.84. The van der Waals surface area contributed by atoms with Gasteiger partial charge in [0.1, 0.15) is 5.75 Å². The molecule has 0 saturated heterocycles. The molecule has 0 bridgehead atoms. The van der Waals surface area contributed by atoms with Crippen LogP contribution in [-0.2, 0) is 6.42 Å². The van der Waals surface area contributed by atoms with Gasteiger partial charge in [0, 0.05) is 17.7 Å². The minimum absolute atomic E-state index is 0.242. The van der Waals surface area contributed by atoms with Gasteiger partial charge in [-0.15, -0.1) is 0 Å². The molecule has 2 aromatic rings. The Hall–Kier alpha value is -3.08. The van der Waals surface area contributed by atoms with E-state index in [2.05, 4.69) is 10.2 Å². The summed E-state index contributed by atoms with van der Waals surface area (Å²) in [5.74, 6) is 1.59. The SMILES string of the molecule is COc1cc2c(cc1OC)C(C=Cc1ccc(O)cc1)=NN=C(C)C2. The molecule has 5 heteroatoms. The van der Waals surface area contributed by atoms with Crippen molar-refractivity contribution in [3.8, 4) is 17.2 Å². The normalized spacial score (nSPS) is 13.7. The van der Waals surface area contributed by atoms with E-state index < -0.39 is 0 Å². The molecule has 2 aromatic carbocycles. The summed E-state index contributed by atoms with van der Waals surface area (Å²) in [6, 6.07) is 10.9. The molecule has 0 spiro atoms. The lowest BCUT2D eigenvalue weighted by Gasteiger charge is -2.13. The Bertz CT molecular complexity index is 865. The summed E-state index contributed by atoms with van der Waals surface area (Å²) in [7, 11) is 3.24. The van der Waals surface area contributed by atoms with E-state index in [0.29, 0.717) is 17.9 Å². The van der Waals surface area contributed by atoms with E-state index >= 15 is 0 Å². The number of benzene rings is 2. The molecule has 5 nitrogen and oxygen atoms in total. The van der Waals surface area contributed by atoms with Gasteiger partial charge >= 0.3 is 0 Å². The fourth-order valence-electron chi connectivity index (χ4n) is 2.69. The molecule has 1 N–H and O–H groups in total. The molecule has 0 amide bonds. The van der Waals surface area contributed by atoms with Crippen LogP contribution in [0.4, 0.5) is 0 Å². The molecule has 0 saturated carbocycles. The minimum Gasteiger partial charge on any atom is -0.508 e. The van der Waals surface area contributed by atoms with Gasteiger partial charge in [-0.2, -0.15) is 10.2 Å². The van der Waals surface area contributed by atoms with Gasteiger partial charge in [0.25, 0.3) is 0 Å². The van der Waals surface area contributed by atoms with Gasteiger partial charge in [0.2, 0.25) is 0 Å². The third-order valence-corrected chi connectivity index (χ3v) is 3.99. The average molecular weight is 336 g/mol. The average Bonchev–Trinajstić information content (AvgIpc) is 2.78. The third-order valence-electron chi connectivity index (χ3n) is 3.99. The van der Waals surface area contributed by atoms with Crippen LogP contribution in [0.2, 0.25) is 0 Å². The molecular formula is C20H20N2O3. The third kappa shape index (κ3) is 3.71. The van der Waals surface area contributed by atoms with Gasteiger partial charge in [0.15, 0.2) is 11.5 Å². The number of aromatic hydroxyl groups is 1. The second kappa shape index (κ2) is 7.21. The van der Waals surface area contributed by atoms with Crippen molar-refractivity contribution >= 4 is 17.5 Å². The molecule has 0 radical (unpaired) electrons. The van der Waals surface area contributed by atoms with Gasteiger partial charge in [-0.3, -0.25) is 0 Å². The van der Waals surface area contributed by atoms with E-state index in [1.54, 1.807) is 26.4 Å². The molecule has 0 aromatic heterocycles. The number of methoxy groups -OCH3 is 2. The predicted molar refractivity (Wildman–Crippen MR) is 100 cm³/mol. The number of nitrogens with zero attached hydrogens (tertiary/aromatic N) is 2. The van der Waals surface area contributed by atoms with E-state index in [1.165, 1.54) is 0 Å². The second-order valence-corrected chi connectivity index (χ2v) is 5.79. The molecular weight excluding hydrogens is 316 g/mol. The monoisotopic (exact) mass is 336 g/mol. The lowest BCUT2D eigenvalue weighted by atomic mass is 9.97. The van der Waals surface area contributed by atoms with Crippen molar-refractivity contribution in [1.29, 1.82) is 0 Å². The highest BCUT2D eigenvalue weighted by Gasteiger charge is 2.17. The van der Waals surface area contributed by atoms with Crippen LogP contribution in [0.5, 0.6) is 17.2 Å². The van der Waals surface area contributed by atoms with Crippen LogP contribution < -0.4 is 9.47 Å². The highest BCUT2D eigenvalue weighted by molar-refractivity contribution is 6.13. The van der Waals surface area contributed by atoms with Crippen molar-refractivity contribution in [2.45, 2.75) is 13.3 Å². The van der Waals surface area contributed by atoms with Crippen LogP contribution in [0.25, 0.3) is 6.08 Å². The summed E-state index contributed by atoms with van der Waals surface area (Å²) in [5.41, 5.74) is 4.70. The molecule has 25 heavy (non-hydrogen) atoms. The number of allylic oxidation sites excluding steroid dienone is 1. The van der Waals surface area contributed by atoms with Crippen molar-refractivity contribution < 1.29 is 14.6 Å². The first-order chi connectivity index (χ1) is 12.1. The van der Waals surface area contributed by atoms with Crippen molar-refractivity contribution in [2.75, 3.05) is 14.2 Å². The molecule has 0 aliphatic carbocycles. The maximum atomic E-state index is 9.39. The smallest absolute Gasteiger partial charge is 0.161 e. The van der Waals surface area contributed by atoms with Crippen LogP contribution >= 0.6 is 0 Å². The number of rotatable bonds is 4.